The van der Waals surface area contributed by atoms with Crippen molar-refractivity contribution in [2.24, 2.45) is 5.92 Å². The van der Waals surface area contributed by atoms with E-state index in [4.69, 9.17) is 5.26 Å². The lowest BCUT2D eigenvalue weighted by Crippen LogP contribution is -1.89. The molecular weight excluding hydrogens is 114 g/mol. The number of nitrogens with zero attached hydrogens (tertiary/aromatic N) is 1. The first-order valence-electron chi connectivity index (χ1n) is 3.14. The van der Waals surface area contributed by atoms with E-state index in [1.165, 1.54) is 0 Å². The molecule has 0 radical (unpaired) electrons. The van der Waals surface area contributed by atoms with Crippen LogP contribution in [0.25, 0.3) is 0 Å². The molecule has 0 aromatic rings. The van der Waals surface area contributed by atoms with Crippen molar-refractivity contribution in [2.45, 2.75) is 26.2 Å². The first kappa shape index (κ1) is 8.16. The van der Waals surface area contributed by atoms with Gasteiger partial charge in [-0.15, -0.1) is 0 Å². The van der Waals surface area contributed by atoms with Crippen molar-refractivity contribution in [1.29, 1.82) is 5.26 Å². The zero-order valence-corrected chi connectivity index (χ0v) is 5.63. The van der Waals surface area contributed by atoms with Crippen molar-refractivity contribution in [3.63, 3.8) is 0 Å². The SMILES string of the molecule is CC(C#N)CCCC=O. The van der Waals surface area contributed by atoms with Gasteiger partial charge in [0.25, 0.3) is 0 Å². The van der Waals surface area contributed by atoms with Crippen molar-refractivity contribution in [3.05, 3.63) is 0 Å². The first-order chi connectivity index (χ1) is 4.31. The highest BCUT2D eigenvalue weighted by Gasteiger charge is 1.96. The summed E-state index contributed by atoms with van der Waals surface area (Å²) in [6.45, 7) is 1.87. The number of nitriles is 1. The second kappa shape index (κ2) is 5.30. The summed E-state index contributed by atoms with van der Waals surface area (Å²) < 4.78 is 0. The second-order valence-electron chi connectivity index (χ2n) is 2.13. The molecule has 0 rings (SSSR count). The lowest BCUT2D eigenvalue weighted by Gasteiger charge is -1.95. The Balaban J connectivity index is 3.08. The van der Waals surface area contributed by atoms with E-state index in [1.54, 1.807) is 0 Å². The topological polar surface area (TPSA) is 40.9 Å². The molecule has 0 aliphatic heterocycles. The Morgan fingerprint density at radius 1 is 1.78 bits per heavy atom. The Morgan fingerprint density at radius 2 is 2.44 bits per heavy atom. The van der Waals surface area contributed by atoms with Crippen LogP contribution in [0.2, 0.25) is 0 Å². The fourth-order valence-corrected chi connectivity index (χ4v) is 0.572. The van der Waals surface area contributed by atoms with E-state index >= 15 is 0 Å². The lowest BCUT2D eigenvalue weighted by molar-refractivity contribution is -0.107. The average molecular weight is 125 g/mol. The Hall–Kier alpha value is -0.840. The summed E-state index contributed by atoms with van der Waals surface area (Å²) in [6, 6.07) is 2.11. The van der Waals surface area contributed by atoms with Crippen molar-refractivity contribution in [3.8, 4) is 6.07 Å². The summed E-state index contributed by atoms with van der Waals surface area (Å²) >= 11 is 0. The predicted molar refractivity (Wildman–Crippen MR) is 34.7 cm³/mol. The minimum Gasteiger partial charge on any atom is -0.303 e. The molecule has 0 spiro atoms. The van der Waals surface area contributed by atoms with Gasteiger partial charge in [0.05, 0.1) is 6.07 Å². The van der Waals surface area contributed by atoms with Crippen LogP contribution in [-0.4, -0.2) is 6.29 Å². The van der Waals surface area contributed by atoms with Crippen LogP contribution in [-0.2, 0) is 4.79 Å². The third kappa shape index (κ3) is 5.02. The van der Waals surface area contributed by atoms with Crippen molar-refractivity contribution >= 4 is 6.29 Å². The second-order valence-corrected chi connectivity index (χ2v) is 2.13. The quantitative estimate of drug-likeness (QED) is 0.422. The van der Waals surface area contributed by atoms with Crippen molar-refractivity contribution in [2.75, 3.05) is 0 Å². The van der Waals surface area contributed by atoms with Crippen LogP contribution in [0.5, 0.6) is 0 Å². The highest BCUT2D eigenvalue weighted by Crippen LogP contribution is 2.03. The standard InChI is InChI=1S/C7H11NO/c1-7(6-8)4-2-3-5-9/h5,7H,2-4H2,1H3. The molecule has 2 nitrogen and oxygen atoms in total. The van der Waals surface area contributed by atoms with Crippen LogP contribution < -0.4 is 0 Å². The fraction of sp³-hybridized carbons (Fsp3) is 0.714. The first-order valence-corrected chi connectivity index (χ1v) is 3.14. The number of carbonyl (C=O) groups is 1. The third-order valence-corrected chi connectivity index (χ3v) is 1.18. The van der Waals surface area contributed by atoms with E-state index in [-0.39, 0.29) is 5.92 Å². The Labute approximate surface area is 55.5 Å². The highest BCUT2D eigenvalue weighted by molar-refractivity contribution is 5.48. The molecule has 0 aromatic carbocycles. The predicted octanol–water partition coefficient (Wildman–Crippen LogP) is 1.52. The van der Waals surface area contributed by atoms with E-state index < -0.39 is 0 Å². The molecule has 0 saturated carbocycles. The maximum Gasteiger partial charge on any atom is 0.119 e. The normalized spacial score (nSPS) is 12.0. The van der Waals surface area contributed by atoms with E-state index in [2.05, 4.69) is 6.07 Å². The lowest BCUT2D eigenvalue weighted by atomic mass is 10.1. The number of aldehydes is 1. The summed E-state index contributed by atoms with van der Waals surface area (Å²) in [5.41, 5.74) is 0. The molecule has 0 saturated heterocycles. The molecule has 0 bridgehead atoms. The van der Waals surface area contributed by atoms with E-state index in [0.717, 1.165) is 19.1 Å². The van der Waals surface area contributed by atoms with Gasteiger partial charge >= 0.3 is 0 Å². The van der Waals surface area contributed by atoms with Crippen LogP contribution >= 0.6 is 0 Å². The Bertz CT molecular complexity index is 115. The molecule has 0 aliphatic rings. The van der Waals surface area contributed by atoms with Crippen LogP contribution in [0.4, 0.5) is 0 Å². The van der Waals surface area contributed by atoms with Crippen LogP contribution in [0, 0.1) is 17.2 Å². The zero-order valence-electron chi connectivity index (χ0n) is 5.63. The molecule has 50 valence electrons. The van der Waals surface area contributed by atoms with Crippen LogP contribution in [0.3, 0.4) is 0 Å². The smallest absolute Gasteiger partial charge is 0.119 e. The van der Waals surface area contributed by atoms with Gasteiger partial charge in [0.15, 0.2) is 0 Å². The molecule has 0 heterocycles. The molecule has 0 fully saturated rings. The van der Waals surface area contributed by atoms with Gasteiger partial charge in [0.1, 0.15) is 6.29 Å². The van der Waals surface area contributed by atoms with Gasteiger partial charge in [-0.1, -0.05) is 0 Å². The van der Waals surface area contributed by atoms with Crippen molar-refractivity contribution in [1.82, 2.24) is 0 Å². The molecule has 0 aromatic heterocycles. The Morgan fingerprint density at radius 3 is 2.89 bits per heavy atom. The van der Waals surface area contributed by atoms with Gasteiger partial charge in [-0.05, 0) is 19.8 Å². The van der Waals surface area contributed by atoms with Crippen molar-refractivity contribution < 1.29 is 4.79 Å². The summed E-state index contributed by atoms with van der Waals surface area (Å²) in [5, 5.41) is 8.30. The summed E-state index contributed by atoms with van der Waals surface area (Å²) in [7, 11) is 0. The van der Waals surface area contributed by atoms with Crippen LogP contribution in [0.1, 0.15) is 26.2 Å². The van der Waals surface area contributed by atoms with E-state index in [1.807, 2.05) is 6.92 Å². The third-order valence-electron chi connectivity index (χ3n) is 1.18. The van der Waals surface area contributed by atoms with E-state index in [0.29, 0.717) is 6.42 Å². The van der Waals surface area contributed by atoms with Gasteiger partial charge in [-0.3, -0.25) is 0 Å². The van der Waals surface area contributed by atoms with Gasteiger partial charge in [-0.2, -0.15) is 5.26 Å². The average Bonchev–Trinajstić information content (AvgIpc) is 1.89. The molecule has 9 heavy (non-hydrogen) atoms. The largest absolute Gasteiger partial charge is 0.303 e. The molecule has 0 aliphatic carbocycles. The highest BCUT2D eigenvalue weighted by atomic mass is 16.1. The maximum atomic E-state index is 9.79. The molecular formula is C7H11NO. The Kier molecular flexibility index (Phi) is 4.81. The van der Waals surface area contributed by atoms with Gasteiger partial charge in [0, 0.05) is 12.3 Å². The molecule has 1 unspecified atom stereocenters. The minimum atomic E-state index is 0.102. The van der Waals surface area contributed by atoms with Gasteiger partial charge < -0.3 is 4.79 Å². The molecule has 0 N–H and O–H groups in total. The number of hydrogen-bond donors (Lipinski definition) is 0. The molecule has 2 heteroatoms. The number of unbranched alkanes of at least 4 members (excludes halogenated alkanes) is 1. The van der Waals surface area contributed by atoms with Gasteiger partial charge in [-0.25, -0.2) is 0 Å². The van der Waals surface area contributed by atoms with E-state index in [9.17, 15) is 4.79 Å². The maximum absolute atomic E-state index is 9.79. The number of hydrogen-bond acceptors (Lipinski definition) is 2. The summed E-state index contributed by atoms with van der Waals surface area (Å²) in [4.78, 5) is 9.79. The molecule has 0 amide bonds. The monoisotopic (exact) mass is 125 g/mol. The van der Waals surface area contributed by atoms with Crippen LogP contribution in [0.15, 0.2) is 0 Å². The van der Waals surface area contributed by atoms with Gasteiger partial charge in [0.2, 0.25) is 0 Å². The summed E-state index contributed by atoms with van der Waals surface area (Å²) in [5.74, 6) is 0.102. The fourth-order valence-electron chi connectivity index (χ4n) is 0.572. The zero-order chi connectivity index (χ0) is 7.11. The minimum absolute atomic E-state index is 0.102. The summed E-state index contributed by atoms with van der Waals surface area (Å²) in [6.07, 6.45) is 3.17. The number of rotatable bonds is 4. The molecule has 1 atom stereocenters. The number of carbonyl (C=O) groups excluding carboxylic acids is 1.